The van der Waals surface area contributed by atoms with Crippen LogP contribution in [0, 0.1) is 11.8 Å². The van der Waals surface area contributed by atoms with Gasteiger partial charge in [0.1, 0.15) is 0 Å². The Bertz CT molecular complexity index is 2480. The molecule has 0 aliphatic rings. The number of fused-ring (bicyclic) bond motifs is 6. The first-order valence-electron chi connectivity index (χ1n) is 18.3. The highest BCUT2D eigenvalue weighted by Crippen LogP contribution is 2.56. The molecule has 2 atom stereocenters. The summed E-state index contributed by atoms with van der Waals surface area (Å²) in [6.07, 6.45) is 9.41. The zero-order valence-electron chi connectivity index (χ0n) is 29.0. The van der Waals surface area contributed by atoms with Gasteiger partial charge in [-0.25, -0.2) is 9.97 Å². The van der Waals surface area contributed by atoms with Gasteiger partial charge in [-0.15, -0.1) is 22.7 Å². The van der Waals surface area contributed by atoms with Crippen molar-refractivity contribution in [1.29, 1.82) is 0 Å². The third-order valence-electron chi connectivity index (χ3n) is 11.2. The van der Waals surface area contributed by atoms with Gasteiger partial charge >= 0.3 is 0 Å². The number of hydrogen-bond acceptors (Lipinski definition) is 6. The zero-order chi connectivity index (χ0) is 34.3. The summed E-state index contributed by atoms with van der Waals surface area (Å²) in [7, 11) is 0. The molecule has 5 aromatic carbocycles. The number of nitrogens with zero attached hydrogens (tertiary/aromatic N) is 2. The summed E-state index contributed by atoms with van der Waals surface area (Å²) in [5, 5.41) is 14.7. The lowest BCUT2D eigenvalue weighted by molar-refractivity contribution is 0.229. The van der Waals surface area contributed by atoms with Gasteiger partial charge in [0, 0.05) is 52.5 Å². The van der Waals surface area contributed by atoms with E-state index in [1.165, 1.54) is 102 Å². The fraction of sp³-hybridized carbons (Fsp3) is 0.381. The Kier molecular flexibility index (Phi) is 8.61. The predicted molar refractivity (Wildman–Crippen MR) is 224 cm³/mol. The maximum absolute atomic E-state index is 6.85. The lowest BCUT2D eigenvalue weighted by Crippen LogP contribution is -2.13. The molecule has 256 valence electrons. The van der Waals surface area contributed by atoms with Crippen LogP contribution in [0.1, 0.15) is 79.1 Å². The van der Waals surface area contributed by atoms with Gasteiger partial charge in [0.2, 0.25) is 11.8 Å². The first-order valence-corrected chi connectivity index (χ1v) is 21.5. The zero-order valence-corrected chi connectivity index (χ0v) is 33.8. The van der Waals surface area contributed by atoms with Crippen molar-refractivity contribution in [3.8, 4) is 11.8 Å². The van der Waals surface area contributed by atoms with Crippen LogP contribution in [0.5, 0.6) is 11.8 Å². The van der Waals surface area contributed by atoms with Gasteiger partial charge in [0.25, 0.3) is 0 Å². The van der Waals surface area contributed by atoms with Crippen molar-refractivity contribution in [2.75, 3.05) is 13.2 Å². The average Bonchev–Trinajstić information content (AvgIpc) is 3.72. The van der Waals surface area contributed by atoms with E-state index in [1.54, 1.807) is 22.7 Å². The molecule has 0 aliphatic carbocycles. The van der Waals surface area contributed by atoms with Crippen molar-refractivity contribution in [2.45, 2.75) is 79.1 Å². The predicted octanol–water partition coefficient (Wildman–Crippen LogP) is 14.9. The minimum absolute atomic E-state index is 0.507. The number of rotatable bonds is 14. The van der Waals surface area contributed by atoms with Crippen LogP contribution in [-0.2, 0) is 0 Å². The van der Waals surface area contributed by atoms with Crippen LogP contribution < -0.4 is 9.47 Å². The first kappa shape index (κ1) is 33.1. The number of unbranched alkanes of at least 4 members (excludes halogenated alkanes) is 2. The number of aromatic nitrogens is 2. The molecule has 4 heterocycles. The molecular weight excluding hydrogens is 788 g/mol. The smallest absolute Gasteiger partial charge is 0.223 e. The van der Waals surface area contributed by atoms with E-state index in [9.17, 15) is 0 Å². The lowest BCUT2D eigenvalue weighted by atomic mass is 9.84. The van der Waals surface area contributed by atoms with E-state index in [-0.39, 0.29) is 0 Å². The van der Waals surface area contributed by atoms with Gasteiger partial charge in [-0.2, -0.15) is 0 Å². The third kappa shape index (κ3) is 4.98. The van der Waals surface area contributed by atoms with Crippen LogP contribution in [0.4, 0.5) is 0 Å². The molecule has 8 heteroatoms. The number of pyridine rings is 2. The van der Waals surface area contributed by atoms with Gasteiger partial charge in [0.05, 0.1) is 42.6 Å². The number of thiophene rings is 2. The highest BCUT2D eigenvalue weighted by Gasteiger charge is 2.30. The Morgan fingerprint density at radius 1 is 0.560 bits per heavy atom. The van der Waals surface area contributed by atoms with Gasteiger partial charge in [0.15, 0.2) is 0 Å². The van der Waals surface area contributed by atoms with E-state index in [4.69, 9.17) is 19.4 Å². The van der Waals surface area contributed by atoms with Crippen LogP contribution in [-0.4, -0.2) is 23.2 Å². The number of halogens is 2. The van der Waals surface area contributed by atoms with Gasteiger partial charge in [-0.1, -0.05) is 78.4 Å². The minimum atomic E-state index is 0.507. The van der Waals surface area contributed by atoms with E-state index in [0.717, 1.165) is 54.0 Å². The molecule has 4 nitrogen and oxygen atoms in total. The minimum Gasteiger partial charge on any atom is -0.477 e. The Morgan fingerprint density at radius 2 is 1.00 bits per heavy atom. The van der Waals surface area contributed by atoms with E-state index in [2.05, 4.69) is 96.0 Å². The molecule has 0 fully saturated rings. The second-order valence-electron chi connectivity index (χ2n) is 14.1. The standard InChI is InChI=1S/C42H40Br2N2O2S2/c1-5-9-11-21(7-3)19-47-41-37-35-31-23(25-17-29(43)49-39(25)37)14-16-28-34(31)36-32-24(13-15-27(45-41)33(32)35)26-18-30(44)50-40(26)38(36)42(46-28)48-20-22(8-4)12-10-6-2/h13-18,21-22H,5-12,19-20H2,1-4H3. The summed E-state index contributed by atoms with van der Waals surface area (Å²) in [4.78, 5) is 10.8. The SMILES string of the molecule is CCCCC(CC)COc1nc2ccc3c4cc(Br)sc4c4c(OCC(CC)CCCC)nc5ccc6c7cc(Br)sc7c1c1c2c3c4c5c61. The van der Waals surface area contributed by atoms with Crippen LogP contribution in [0.2, 0.25) is 0 Å². The molecule has 9 aromatic rings. The van der Waals surface area contributed by atoms with Gasteiger partial charge in [-0.3, -0.25) is 0 Å². The van der Waals surface area contributed by atoms with Crippen LogP contribution in [0.25, 0.3) is 85.1 Å². The van der Waals surface area contributed by atoms with Crippen molar-refractivity contribution in [3.63, 3.8) is 0 Å². The largest absolute Gasteiger partial charge is 0.477 e. The second-order valence-corrected chi connectivity index (χ2v) is 19.0. The summed E-state index contributed by atoms with van der Waals surface area (Å²) < 4.78 is 18.4. The van der Waals surface area contributed by atoms with E-state index >= 15 is 0 Å². The molecule has 0 amide bonds. The highest BCUT2D eigenvalue weighted by molar-refractivity contribution is 9.11. The molecule has 2 unspecified atom stereocenters. The fourth-order valence-electron chi connectivity index (χ4n) is 8.45. The molecule has 0 saturated carbocycles. The van der Waals surface area contributed by atoms with Crippen molar-refractivity contribution in [2.24, 2.45) is 11.8 Å². The second kappa shape index (κ2) is 13.0. The maximum Gasteiger partial charge on any atom is 0.223 e. The molecule has 0 N–H and O–H groups in total. The Balaban J connectivity index is 1.41. The Morgan fingerprint density at radius 3 is 1.40 bits per heavy atom. The van der Waals surface area contributed by atoms with Crippen LogP contribution >= 0.6 is 54.5 Å². The fourth-order valence-corrected chi connectivity index (χ4v) is 11.8. The van der Waals surface area contributed by atoms with Crippen LogP contribution in [0.15, 0.2) is 44.0 Å². The van der Waals surface area contributed by atoms with Crippen molar-refractivity contribution in [1.82, 2.24) is 9.97 Å². The van der Waals surface area contributed by atoms with E-state index in [0.29, 0.717) is 25.0 Å². The molecular formula is C42H40Br2N2O2S2. The monoisotopic (exact) mass is 826 g/mol. The topological polar surface area (TPSA) is 44.2 Å². The van der Waals surface area contributed by atoms with Crippen molar-refractivity contribution < 1.29 is 9.47 Å². The summed E-state index contributed by atoms with van der Waals surface area (Å²) in [5.74, 6) is 2.52. The quantitative estimate of drug-likeness (QED) is 0.0809. The summed E-state index contributed by atoms with van der Waals surface area (Å²) >= 11 is 11.3. The number of benzene rings is 5. The average molecular weight is 829 g/mol. The number of hydrogen-bond donors (Lipinski definition) is 0. The molecule has 0 saturated heterocycles. The highest BCUT2D eigenvalue weighted by atomic mass is 79.9. The van der Waals surface area contributed by atoms with E-state index in [1.807, 2.05) is 0 Å². The Labute approximate surface area is 316 Å². The van der Waals surface area contributed by atoms with E-state index < -0.39 is 0 Å². The lowest BCUT2D eigenvalue weighted by Gasteiger charge is -2.24. The molecule has 0 radical (unpaired) electrons. The van der Waals surface area contributed by atoms with Gasteiger partial charge < -0.3 is 9.47 Å². The Hall–Kier alpha value is -2.78. The molecule has 9 rings (SSSR count). The van der Waals surface area contributed by atoms with Gasteiger partial charge in [-0.05, 0) is 91.6 Å². The van der Waals surface area contributed by atoms with Crippen LogP contribution in [0.3, 0.4) is 0 Å². The molecule has 0 aliphatic heterocycles. The first-order chi connectivity index (χ1) is 24.4. The normalized spacial score (nSPS) is 14.0. The van der Waals surface area contributed by atoms with Crippen molar-refractivity contribution >= 4 is 140 Å². The van der Waals surface area contributed by atoms with Crippen molar-refractivity contribution in [3.05, 3.63) is 44.0 Å². The maximum atomic E-state index is 6.85. The summed E-state index contributed by atoms with van der Waals surface area (Å²) in [6.45, 7) is 10.5. The molecule has 50 heavy (non-hydrogen) atoms. The molecule has 0 spiro atoms. The molecule has 0 bridgehead atoms. The summed E-state index contributed by atoms with van der Waals surface area (Å²) in [5.41, 5.74) is 1.97. The number of ether oxygens (including phenoxy) is 2. The molecule has 4 aromatic heterocycles. The third-order valence-corrected chi connectivity index (χ3v) is 14.5. The summed E-state index contributed by atoms with van der Waals surface area (Å²) in [6, 6.07) is 13.6.